The molecular formula is C14H21N3OS. The van der Waals surface area contributed by atoms with Crippen molar-refractivity contribution < 1.29 is 4.79 Å². The zero-order valence-electron chi connectivity index (χ0n) is 11.3. The van der Waals surface area contributed by atoms with Crippen LogP contribution in [0.2, 0.25) is 0 Å². The SMILES string of the molecule is CSCCCCNc1cc2c(cc1N)CCC(=O)N2. The number of fused-ring (bicyclic) bond motifs is 1. The molecule has 1 aromatic carbocycles. The number of unbranched alkanes of at least 4 members (excludes halogenated alkanes) is 1. The smallest absolute Gasteiger partial charge is 0.224 e. The standard InChI is InChI=1S/C14H21N3OS/c1-19-7-3-2-6-16-13-9-12-10(8-11(13)15)4-5-14(18)17-12/h8-9,16H,2-7,15H2,1H3,(H,17,18). The average Bonchev–Trinajstić information content (AvgIpc) is 2.39. The lowest BCUT2D eigenvalue weighted by molar-refractivity contribution is -0.116. The predicted octanol–water partition coefficient (Wildman–Crippen LogP) is 2.71. The van der Waals surface area contributed by atoms with Crippen LogP contribution in [-0.2, 0) is 11.2 Å². The van der Waals surface area contributed by atoms with E-state index in [-0.39, 0.29) is 5.91 Å². The maximum Gasteiger partial charge on any atom is 0.224 e. The zero-order chi connectivity index (χ0) is 13.7. The lowest BCUT2D eigenvalue weighted by atomic mass is 10.0. The molecule has 0 aliphatic carbocycles. The van der Waals surface area contributed by atoms with Crippen molar-refractivity contribution in [2.45, 2.75) is 25.7 Å². The lowest BCUT2D eigenvalue weighted by Crippen LogP contribution is -2.19. The van der Waals surface area contributed by atoms with Crippen molar-refractivity contribution in [2.24, 2.45) is 0 Å². The van der Waals surface area contributed by atoms with Crippen LogP contribution < -0.4 is 16.4 Å². The Hall–Kier alpha value is -1.36. The highest BCUT2D eigenvalue weighted by Crippen LogP contribution is 2.30. The van der Waals surface area contributed by atoms with Gasteiger partial charge in [-0.3, -0.25) is 4.79 Å². The largest absolute Gasteiger partial charge is 0.397 e. The molecule has 0 saturated carbocycles. The Bertz CT molecular complexity index is 462. The van der Waals surface area contributed by atoms with Crippen molar-refractivity contribution >= 4 is 34.7 Å². The number of carbonyl (C=O) groups excluding carboxylic acids is 1. The fourth-order valence-corrected chi connectivity index (χ4v) is 2.69. The van der Waals surface area contributed by atoms with Crippen molar-refractivity contribution in [1.29, 1.82) is 0 Å². The molecule has 4 nitrogen and oxygen atoms in total. The monoisotopic (exact) mass is 279 g/mol. The molecule has 2 rings (SSSR count). The van der Waals surface area contributed by atoms with E-state index in [0.29, 0.717) is 6.42 Å². The van der Waals surface area contributed by atoms with Crippen LogP contribution in [0.4, 0.5) is 17.1 Å². The Morgan fingerprint density at radius 1 is 1.37 bits per heavy atom. The summed E-state index contributed by atoms with van der Waals surface area (Å²) in [5.41, 5.74) is 9.76. The van der Waals surface area contributed by atoms with Crippen LogP contribution in [0.15, 0.2) is 12.1 Å². The van der Waals surface area contributed by atoms with Crippen molar-refractivity contribution in [3.8, 4) is 0 Å². The van der Waals surface area contributed by atoms with Crippen LogP contribution >= 0.6 is 11.8 Å². The summed E-state index contributed by atoms with van der Waals surface area (Å²) in [6.45, 7) is 0.914. The number of anilines is 3. The highest BCUT2D eigenvalue weighted by molar-refractivity contribution is 7.98. The number of nitrogens with one attached hydrogen (secondary N) is 2. The number of rotatable bonds is 6. The molecule has 1 aliphatic rings. The number of nitrogens with two attached hydrogens (primary N) is 1. The Morgan fingerprint density at radius 3 is 3.00 bits per heavy atom. The molecule has 5 heteroatoms. The summed E-state index contributed by atoms with van der Waals surface area (Å²) in [4.78, 5) is 11.4. The van der Waals surface area contributed by atoms with E-state index in [0.717, 1.165) is 42.0 Å². The van der Waals surface area contributed by atoms with Crippen LogP contribution in [-0.4, -0.2) is 24.5 Å². The quantitative estimate of drug-likeness (QED) is 0.553. The minimum atomic E-state index is 0.0863. The van der Waals surface area contributed by atoms with Crippen LogP contribution in [0.5, 0.6) is 0 Å². The second-order valence-corrected chi connectivity index (χ2v) is 5.76. The molecule has 4 N–H and O–H groups in total. The van der Waals surface area contributed by atoms with Gasteiger partial charge in [0.25, 0.3) is 0 Å². The van der Waals surface area contributed by atoms with E-state index in [4.69, 9.17) is 5.73 Å². The minimum absolute atomic E-state index is 0.0863. The van der Waals surface area contributed by atoms with Gasteiger partial charge in [0, 0.05) is 18.7 Å². The van der Waals surface area contributed by atoms with E-state index >= 15 is 0 Å². The van der Waals surface area contributed by atoms with E-state index in [2.05, 4.69) is 16.9 Å². The second-order valence-electron chi connectivity index (χ2n) is 4.77. The summed E-state index contributed by atoms with van der Waals surface area (Å²) in [7, 11) is 0. The normalized spacial score (nSPS) is 13.8. The van der Waals surface area contributed by atoms with Gasteiger partial charge in [0.2, 0.25) is 5.91 Å². The van der Waals surface area contributed by atoms with Gasteiger partial charge in [0.05, 0.1) is 11.4 Å². The summed E-state index contributed by atoms with van der Waals surface area (Å²) < 4.78 is 0. The zero-order valence-corrected chi connectivity index (χ0v) is 12.1. The highest BCUT2D eigenvalue weighted by atomic mass is 32.2. The van der Waals surface area contributed by atoms with Crippen molar-refractivity contribution in [1.82, 2.24) is 0 Å². The minimum Gasteiger partial charge on any atom is -0.397 e. The number of nitrogen functional groups attached to an aromatic ring is 1. The average molecular weight is 279 g/mol. The molecule has 1 heterocycles. The van der Waals surface area contributed by atoms with Crippen LogP contribution in [0, 0.1) is 0 Å². The predicted molar refractivity (Wildman–Crippen MR) is 83.9 cm³/mol. The number of amides is 1. The molecule has 0 aromatic heterocycles. The van der Waals surface area contributed by atoms with Crippen molar-refractivity contribution in [3.63, 3.8) is 0 Å². The number of aryl methyl sites for hydroxylation is 1. The van der Waals surface area contributed by atoms with Gasteiger partial charge >= 0.3 is 0 Å². The van der Waals surface area contributed by atoms with Crippen LogP contribution in [0.1, 0.15) is 24.8 Å². The summed E-state index contributed by atoms with van der Waals surface area (Å²) in [5.74, 6) is 1.28. The molecule has 0 saturated heterocycles. The Morgan fingerprint density at radius 2 is 2.21 bits per heavy atom. The third kappa shape index (κ3) is 3.80. The van der Waals surface area contributed by atoms with E-state index in [1.165, 1.54) is 12.2 Å². The summed E-state index contributed by atoms with van der Waals surface area (Å²) in [6, 6.07) is 3.93. The van der Waals surface area contributed by atoms with Crippen LogP contribution in [0.3, 0.4) is 0 Å². The number of hydrogen-bond acceptors (Lipinski definition) is 4. The van der Waals surface area contributed by atoms with Crippen LogP contribution in [0.25, 0.3) is 0 Å². The molecule has 0 radical (unpaired) electrons. The molecule has 0 atom stereocenters. The highest BCUT2D eigenvalue weighted by Gasteiger charge is 2.16. The van der Waals surface area contributed by atoms with Crippen molar-refractivity contribution in [3.05, 3.63) is 17.7 Å². The third-order valence-electron chi connectivity index (χ3n) is 3.26. The first-order chi connectivity index (χ1) is 9.20. The number of thioether (sulfide) groups is 1. The topological polar surface area (TPSA) is 67.1 Å². The molecule has 0 spiro atoms. The molecule has 19 heavy (non-hydrogen) atoms. The number of benzene rings is 1. The molecule has 1 amide bonds. The maximum absolute atomic E-state index is 11.4. The fraction of sp³-hybridized carbons (Fsp3) is 0.500. The van der Waals surface area contributed by atoms with Gasteiger partial charge in [0.1, 0.15) is 0 Å². The van der Waals surface area contributed by atoms with Gasteiger partial charge in [-0.05, 0) is 49.0 Å². The van der Waals surface area contributed by atoms with E-state index in [1.807, 2.05) is 23.9 Å². The van der Waals surface area contributed by atoms with Gasteiger partial charge in [-0.1, -0.05) is 0 Å². The number of hydrogen-bond donors (Lipinski definition) is 3. The molecule has 0 bridgehead atoms. The van der Waals surface area contributed by atoms with E-state index in [9.17, 15) is 4.79 Å². The lowest BCUT2D eigenvalue weighted by Gasteiger charge is -2.19. The van der Waals surface area contributed by atoms with Crippen molar-refractivity contribution in [2.75, 3.05) is 34.9 Å². The molecule has 104 valence electrons. The first-order valence-corrected chi connectivity index (χ1v) is 8.05. The van der Waals surface area contributed by atoms with E-state index in [1.54, 1.807) is 0 Å². The molecule has 1 aromatic rings. The van der Waals surface area contributed by atoms with Gasteiger partial charge in [-0.25, -0.2) is 0 Å². The Balaban J connectivity index is 1.97. The Kier molecular flexibility index (Phi) is 4.96. The van der Waals surface area contributed by atoms with Gasteiger partial charge < -0.3 is 16.4 Å². The van der Waals surface area contributed by atoms with Gasteiger partial charge in [0.15, 0.2) is 0 Å². The molecular weight excluding hydrogens is 258 g/mol. The summed E-state index contributed by atoms with van der Waals surface area (Å²) >= 11 is 1.87. The second kappa shape index (κ2) is 6.70. The first-order valence-electron chi connectivity index (χ1n) is 6.66. The van der Waals surface area contributed by atoms with Gasteiger partial charge in [-0.15, -0.1) is 0 Å². The van der Waals surface area contributed by atoms with E-state index < -0.39 is 0 Å². The molecule has 0 fully saturated rings. The molecule has 1 aliphatic heterocycles. The maximum atomic E-state index is 11.4. The molecule has 0 unspecified atom stereocenters. The fourth-order valence-electron chi connectivity index (χ4n) is 2.20. The summed E-state index contributed by atoms with van der Waals surface area (Å²) in [6.07, 6.45) is 5.78. The first kappa shape index (κ1) is 14.1. The summed E-state index contributed by atoms with van der Waals surface area (Å²) in [5, 5.41) is 6.25. The van der Waals surface area contributed by atoms with Gasteiger partial charge in [-0.2, -0.15) is 11.8 Å². The number of carbonyl (C=O) groups is 1. The third-order valence-corrected chi connectivity index (χ3v) is 3.96. The Labute approximate surface area is 118 Å².